The van der Waals surface area contributed by atoms with Crippen LogP contribution in [0.5, 0.6) is 0 Å². The molecule has 1 aliphatic heterocycles. The fourth-order valence-corrected chi connectivity index (χ4v) is 3.92. The Morgan fingerprint density at radius 2 is 2.20 bits per heavy atom. The molecule has 0 saturated carbocycles. The summed E-state index contributed by atoms with van der Waals surface area (Å²) in [6.07, 6.45) is -0.0619. The molecule has 0 spiro atoms. The maximum absolute atomic E-state index is 13.6. The number of halogens is 2. The first-order valence-electron chi connectivity index (χ1n) is 6.26. The Labute approximate surface area is 122 Å². The van der Waals surface area contributed by atoms with Gasteiger partial charge in [0.05, 0.1) is 11.5 Å². The highest BCUT2D eigenvalue weighted by Gasteiger charge is 2.26. The van der Waals surface area contributed by atoms with Crippen LogP contribution < -0.4 is 5.32 Å². The molecule has 1 aromatic carbocycles. The molecule has 4 nitrogen and oxygen atoms in total. The van der Waals surface area contributed by atoms with Crippen molar-refractivity contribution in [1.29, 1.82) is 0 Å². The first kappa shape index (κ1) is 15.4. The van der Waals surface area contributed by atoms with Crippen LogP contribution in [0, 0.1) is 5.82 Å². The van der Waals surface area contributed by atoms with E-state index < -0.39 is 21.7 Å². The Hall–Kier alpha value is -0.980. The van der Waals surface area contributed by atoms with E-state index in [2.05, 4.69) is 5.32 Å². The van der Waals surface area contributed by atoms with E-state index in [1.807, 2.05) is 0 Å². The lowest BCUT2D eigenvalue weighted by molar-refractivity contribution is -0.118. The zero-order valence-corrected chi connectivity index (χ0v) is 12.3. The summed E-state index contributed by atoms with van der Waals surface area (Å²) in [6.45, 7) is 0.348. The Bertz CT molecular complexity index is 598. The largest absolute Gasteiger partial charge is 0.312 e. The van der Waals surface area contributed by atoms with Crippen molar-refractivity contribution in [2.24, 2.45) is 0 Å². The fourth-order valence-electron chi connectivity index (χ4n) is 2.24. The van der Waals surface area contributed by atoms with E-state index >= 15 is 0 Å². The zero-order valence-electron chi connectivity index (χ0n) is 10.7. The lowest BCUT2D eigenvalue weighted by Crippen LogP contribution is -2.46. The topological polar surface area (TPSA) is 63.2 Å². The van der Waals surface area contributed by atoms with Gasteiger partial charge < -0.3 is 5.32 Å². The fraction of sp³-hybridized carbons (Fsp3) is 0.462. The zero-order chi connectivity index (χ0) is 14.8. The molecule has 1 aliphatic rings. The minimum atomic E-state index is -3.08. The second-order valence-corrected chi connectivity index (χ2v) is 7.52. The number of benzene rings is 1. The summed E-state index contributed by atoms with van der Waals surface area (Å²) in [7, 11) is -3.08. The average Bonchev–Trinajstić information content (AvgIpc) is 2.33. The normalized spacial score (nSPS) is 21.6. The van der Waals surface area contributed by atoms with Crippen molar-refractivity contribution in [1.82, 2.24) is 5.32 Å². The first-order chi connectivity index (χ1) is 9.37. The number of rotatable bonds is 4. The van der Waals surface area contributed by atoms with E-state index in [1.165, 1.54) is 18.2 Å². The molecule has 0 aromatic heterocycles. The van der Waals surface area contributed by atoms with Gasteiger partial charge in [-0.15, -0.1) is 0 Å². The van der Waals surface area contributed by atoms with Crippen molar-refractivity contribution in [3.05, 3.63) is 34.6 Å². The molecule has 0 aliphatic carbocycles. The van der Waals surface area contributed by atoms with Gasteiger partial charge in [-0.25, -0.2) is 12.8 Å². The SMILES string of the molecule is O=C(Cc1c(F)cccc1Cl)CC1CS(=O)(=O)CCN1. The second kappa shape index (κ2) is 6.20. The summed E-state index contributed by atoms with van der Waals surface area (Å²) in [5.41, 5.74) is 0.165. The van der Waals surface area contributed by atoms with Crippen LogP contribution in [-0.2, 0) is 21.1 Å². The monoisotopic (exact) mass is 319 g/mol. The molecule has 0 radical (unpaired) electrons. The number of hydrogen-bond acceptors (Lipinski definition) is 4. The summed E-state index contributed by atoms with van der Waals surface area (Å²) >= 11 is 5.86. The molecule has 1 unspecified atom stereocenters. The van der Waals surface area contributed by atoms with Crippen LogP contribution in [-0.4, -0.2) is 38.3 Å². The standard InChI is InChI=1S/C13H15ClFNO3S/c14-12-2-1-3-13(15)11(12)7-10(17)6-9-8-20(18,19)5-4-16-9/h1-3,9,16H,4-8H2. The molecule has 20 heavy (non-hydrogen) atoms. The summed E-state index contributed by atoms with van der Waals surface area (Å²) in [4.78, 5) is 11.9. The van der Waals surface area contributed by atoms with Gasteiger partial charge in [-0.1, -0.05) is 17.7 Å². The summed E-state index contributed by atoms with van der Waals surface area (Å²) in [5.74, 6) is -0.706. The second-order valence-electron chi connectivity index (χ2n) is 4.89. The van der Waals surface area contributed by atoms with Gasteiger partial charge in [0, 0.05) is 36.0 Å². The highest BCUT2D eigenvalue weighted by atomic mass is 35.5. The quantitative estimate of drug-likeness (QED) is 0.910. The van der Waals surface area contributed by atoms with E-state index in [0.717, 1.165) is 0 Å². The van der Waals surface area contributed by atoms with Gasteiger partial charge in [-0.3, -0.25) is 4.79 Å². The predicted molar refractivity (Wildman–Crippen MR) is 75.2 cm³/mol. The maximum atomic E-state index is 13.6. The lowest BCUT2D eigenvalue weighted by atomic mass is 10.0. The summed E-state index contributed by atoms with van der Waals surface area (Å²) in [5, 5.41) is 3.20. The van der Waals surface area contributed by atoms with Gasteiger partial charge in [0.1, 0.15) is 11.6 Å². The van der Waals surface area contributed by atoms with E-state index in [9.17, 15) is 17.6 Å². The predicted octanol–water partition coefficient (Wildman–Crippen LogP) is 1.37. The third kappa shape index (κ3) is 4.01. The molecule has 1 atom stereocenters. The number of hydrogen-bond donors (Lipinski definition) is 1. The van der Waals surface area contributed by atoms with Gasteiger partial charge in [0.25, 0.3) is 0 Å². The van der Waals surface area contributed by atoms with Crippen molar-refractivity contribution in [3.8, 4) is 0 Å². The summed E-state index contributed by atoms with van der Waals surface area (Å²) < 4.78 is 36.5. The molecule has 1 aromatic rings. The molecular formula is C13H15ClFNO3S. The van der Waals surface area contributed by atoms with Gasteiger partial charge in [0.2, 0.25) is 0 Å². The van der Waals surface area contributed by atoms with Crippen LogP contribution in [0.15, 0.2) is 18.2 Å². The van der Waals surface area contributed by atoms with E-state index in [4.69, 9.17) is 11.6 Å². The minimum absolute atomic E-state index is 0.0518. The molecule has 1 saturated heterocycles. The number of sulfone groups is 1. The van der Waals surface area contributed by atoms with E-state index in [1.54, 1.807) is 0 Å². The number of carbonyl (C=O) groups is 1. The van der Waals surface area contributed by atoms with Crippen molar-refractivity contribution in [2.75, 3.05) is 18.1 Å². The maximum Gasteiger partial charge on any atom is 0.153 e. The first-order valence-corrected chi connectivity index (χ1v) is 8.46. The number of nitrogens with one attached hydrogen (secondary N) is 1. The molecular weight excluding hydrogens is 305 g/mol. The molecule has 110 valence electrons. The highest BCUT2D eigenvalue weighted by Crippen LogP contribution is 2.20. The average molecular weight is 320 g/mol. The smallest absolute Gasteiger partial charge is 0.153 e. The van der Waals surface area contributed by atoms with Crippen LogP contribution in [0.4, 0.5) is 4.39 Å². The number of carbonyl (C=O) groups excluding carboxylic acids is 1. The molecule has 1 N–H and O–H groups in total. The van der Waals surface area contributed by atoms with Crippen LogP contribution in [0.25, 0.3) is 0 Å². The molecule has 1 heterocycles. The molecule has 7 heteroatoms. The molecule has 1 fully saturated rings. The van der Waals surface area contributed by atoms with Crippen molar-refractivity contribution >= 4 is 27.2 Å². The van der Waals surface area contributed by atoms with Gasteiger partial charge in [0.15, 0.2) is 9.84 Å². The van der Waals surface area contributed by atoms with Gasteiger partial charge in [-0.05, 0) is 12.1 Å². The van der Waals surface area contributed by atoms with Gasteiger partial charge >= 0.3 is 0 Å². The van der Waals surface area contributed by atoms with E-state index in [0.29, 0.717) is 6.54 Å². The Kier molecular flexibility index (Phi) is 4.78. The Balaban J connectivity index is 1.99. The van der Waals surface area contributed by atoms with Gasteiger partial charge in [-0.2, -0.15) is 0 Å². The van der Waals surface area contributed by atoms with Crippen LogP contribution in [0.3, 0.4) is 0 Å². The van der Waals surface area contributed by atoms with Crippen LogP contribution in [0.2, 0.25) is 5.02 Å². The highest BCUT2D eigenvalue weighted by molar-refractivity contribution is 7.91. The minimum Gasteiger partial charge on any atom is -0.312 e. The summed E-state index contributed by atoms with van der Waals surface area (Å²) in [6, 6.07) is 3.85. The van der Waals surface area contributed by atoms with Crippen LogP contribution >= 0.6 is 11.6 Å². The number of Topliss-reactive ketones (excluding diaryl/α,β-unsaturated/α-hetero) is 1. The molecule has 0 amide bonds. The Morgan fingerprint density at radius 1 is 1.45 bits per heavy atom. The van der Waals surface area contributed by atoms with Crippen molar-refractivity contribution in [3.63, 3.8) is 0 Å². The molecule has 0 bridgehead atoms. The third-order valence-corrected chi connectivity index (χ3v) is 5.30. The lowest BCUT2D eigenvalue weighted by Gasteiger charge is -2.23. The Morgan fingerprint density at radius 3 is 2.85 bits per heavy atom. The van der Waals surface area contributed by atoms with Crippen molar-refractivity contribution < 1.29 is 17.6 Å². The van der Waals surface area contributed by atoms with Crippen molar-refractivity contribution in [2.45, 2.75) is 18.9 Å². The third-order valence-electron chi connectivity index (χ3n) is 3.21. The van der Waals surface area contributed by atoms with E-state index in [-0.39, 0.29) is 40.7 Å². The molecule has 2 rings (SSSR count). The number of ketones is 1. The van der Waals surface area contributed by atoms with Crippen LogP contribution in [0.1, 0.15) is 12.0 Å².